The predicted octanol–water partition coefficient (Wildman–Crippen LogP) is -1.75. The first-order valence-corrected chi connectivity index (χ1v) is 4.72. The molecule has 0 heterocycles. The minimum absolute atomic E-state index is 0.445. The molecule has 0 aliphatic rings. The number of nitrogens with two attached hydrogens (primary N) is 2. The molecule has 0 unspecified atom stereocenters. The van der Waals surface area contributed by atoms with Crippen LogP contribution in [0.5, 0.6) is 0 Å². The first kappa shape index (κ1) is 11.5. The van der Waals surface area contributed by atoms with Crippen LogP contribution < -0.4 is 11.5 Å². The van der Waals surface area contributed by atoms with Gasteiger partial charge in [0.1, 0.15) is 11.8 Å². The van der Waals surface area contributed by atoms with Crippen LogP contribution in [0.3, 0.4) is 0 Å². The maximum Gasteiger partial charge on any atom is 0.342 e. The third kappa shape index (κ3) is 3.80. The summed E-state index contributed by atoms with van der Waals surface area (Å²) in [6.07, 6.45) is -0.445. The number of carbonyl (C=O) groups is 1. The molecule has 0 aromatic carbocycles. The lowest BCUT2D eigenvalue weighted by Crippen LogP contribution is -2.37. The SMILES string of the molecule is N[C@H](C[C@H](N)C(=O)O)P(=O)(O)O. The Balaban J connectivity index is 4.11. The number of carboxylic acids is 1. The average molecular weight is 198 g/mol. The lowest BCUT2D eigenvalue weighted by atomic mass is 10.2. The van der Waals surface area contributed by atoms with Gasteiger partial charge in [0.15, 0.2) is 0 Å². The average Bonchev–Trinajstić information content (AvgIpc) is 1.85. The zero-order valence-electron chi connectivity index (χ0n) is 6.12. The Morgan fingerprint density at radius 2 is 1.83 bits per heavy atom. The molecule has 0 fully saturated rings. The molecule has 0 spiro atoms. The summed E-state index contributed by atoms with van der Waals surface area (Å²) < 4.78 is 10.4. The van der Waals surface area contributed by atoms with Gasteiger partial charge in [0.25, 0.3) is 0 Å². The standard InChI is InChI=1S/C4H11N2O5P/c5-2(4(7)8)1-3(6)12(9,10)11/h2-3H,1,5-6H2,(H,7,8)(H2,9,10,11)/t2-,3-/m0/s1. The van der Waals surface area contributed by atoms with Gasteiger partial charge in [-0.15, -0.1) is 0 Å². The zero-order valence-corrected chi connectivity index (χ0v) is 7.02. The van der Waals surface area contributed by atoms with Gasteiger partial charge in [-0.1, -0.05) is 0 Å². The van der Waals surface area contributed by atoms with E-state index in [1.807, 2.05) is 0 Å². The molecule has 7 N–H and O–H groups in total. The highest BCUT2D eigenvalue weighted by molar-refractivity contribution is 7.52. The highest BCUT2D eigenvalue weighted by atomic mass is 31.2. The van der Waals surface area contributed by atoms with E-state index < -0.39 is 31.8 Å². The summed E-state index contributed by atoms with van der Waals surface area (Å²) in [5.74, 6) is -2.84. The van der Waals surface area contributed by atoms with Crippen molar-refractivity contribution in [2.45, 2.75) is 18.2 Å². The van der Waals surface area contributed by atoms with Crippen LogP contribution in [0, 0.1) is 0 Å². The first-order valence-electron chi connectivity index (χ1n) is 3.04. The number of hydrogen-bond acceptors (Lipinski definition) is 4. The molecule has 0 radical (unpaired) electrons. The number of rotatable bonds is 4. The van der Waals surface area contributed by atoms with Crippen LogP contribution in [0.4, 0.5) is 0 Å². The van der Waals surface area contributed by atoms with Gasteiger partial charge < -0.3 is 26.4 Å². The zero-order chi connectivity index (χ0) is 9.94. The summed E-state index contributed by atoms with van der Waals surface area (Å²) in [6.45, 7) is 0. The molecule has 8 heteroatoms. The molecule has 7 nitrogen and oxygen atoms in total. The highest BCUT2D eigenvalue weighted by Gasteiger charge is 2.28. The fraction of sp³-hybridized carbons (Fsp3) is 0.750. The van der Waals surface area contributed by atoms with E-state index in [1.165, 1.54) is 0 Å². The highest BCUT2D eigenvalue weighted by Crippen LogP contribution is 2.39. The van der Waals surface area contributed by atoms with Gasteiger partial charge in [-0.05, 0) is 6.42 Å². The van der Waals surface area contributed by atoms with Crippen LogP contribution in [0.2, 0.25) is 0 Å². The maximum absolute atomic E-state index is 10.4. The van der Waals surface area contributed by atoms with Crippen molar-refractivity contribution in [1.29, 1.82) is 0 Å². The van der Waals surface area contributed by atoms with Crippen molar-refractivity contribution >= 4 is 13.6 Å². The molecule has 0 aromatic rings. The van der Waals surface area contributed by atoms with Gasteiger partial charge in [-0.3, -0.25) is 9.36 Å². The van der Waals surface area contributed by atoms with Gasteiger partial charge in [-0.25, -0.2) is 0 Å². The minimum atomic E-state index is -4.42. The summed E-state index contributed by atoms with van der Waals surface area (Å²) >= 11 is 0. The summed E-state index contributed by atoms with van der Waals surface area (Å²) in [5, 5.41) is 8.26. The van der Waals surface area contributed by atoms with Crippen LogP contribution in [0.1, 0.15) is 6.42 Å². The second kappa shape index (κ2) is 3.97. The molecule has 0 saturated heterocycles. The molecule has 0 aliphatic carbocycles. The number of hydrogen-bond donors (Lipinski definition) is 5. The Morgan fingerprint density at radius 1 is 1.42 bits per heavy atom. The summed E-state index contributed by atoms with van der Waals surface area (Å²) in [5.41, 5.74) is 9.97. The molecule has 0 aliphatic heterocycles. The first-order chi connectivity index (χ1) is 5.25. The molecule has 0 bridgehead atoms. The topological polar surface area (TPSA) is 147 Å². The molecule has 12 heavy (non-hydrogen) atoms. The normalized spacial score (nSPS) is 17.0. The van der Waals surface area contributed by atoms with Gasteiger partial charge in [0, 0.05) is 0 Å². The molecular formula is C4H11N2O5P. The van der Waals surface area contributed by atoms with Crippen molar-refractivity contribution in [3.8, 4) is 0 Å². The fourth-order valence-corrected chi connectivity index (χ4v) is 1.00. The molecule has 72 valence electrons. The quantitative estimate of drug-likeness (QED) is 0.336. The minimum Gasteiger partial charge on any atom is -0.480 e. The van der Waals surface area contributed by atoms with Crippen molar-refractivity contribution in [1.82, 2.24) is 0 Å². The van der Waals surface area contributed by atoms with E-state index in [1.54, 1.807) is 0 Å². The molecule has 0 aromatic heterocycles. The van der Waals surface area contributed by atoms with E-state index in [0.717, 1.165) is 0 Å². The summed E-state index contributed by atoms with van der Waals surface area (Å²) in [6, 6.07) is -1.34. The van der Waals surface area contributed by atoms with Crippen LogP contribution in [0.15, 0.2) is 0 Å². The molecule has 0 amide bonds. The van der Waals surface area contributed by atoms with Gasteiger partial charge in [0.05, 0.1) is 0 Å². The smallest absolute Gasteiger partial charge is 0.342 e. The molecule has 0 rings (SSSR count). The monoisotopic (exact) mass is 198 g/mol. The Hall–Kier alpha value is -0.460. The van der Waals surface area contributed by atoms with E-state index in [4.69, 9.17) is 26.4 Å². The summed E-state index contributed by atoms with van der Waals surface area (Å²) in [4.78, 5) is 27.0. The molecular weight excluding hydrogens is 187 g/mol. The van der Waals surface area contributed by atoms with E-state index in [0.29, 0.717) is 0 Å². The van der Waals surface area contributed by atoms with Gasteiger partial charge in [-0.2, -0.15) is 0 Å². The van der Waals surface area contributed by atoms with Gasteiger partial charge in [0.2, 0.25) is 0 Å². The Bertz CT molecular complexity index is 213. The number of carboxylic acid groups (broad SMARTS) is 1. The Kier molecular flexibility index (Phi) is 3.82. The second-order valence-corrected chi connectivity index (χ2v) is 4.18. The van der Waals surface area contributed by atoms with E-state index in [9.17, 15) is 9.36 Å². The third-order valence-electron chi connectivity index (χ3n) is 1.24. The largest absolute Gasteiger partial charge is 0.480 e. The van der Waals surface area contributed by atoms with Crippen molar-refractivity contribution < 1.29 is 24.3 Å². The van der Waals surface area contributed by atoms with E-state index >= 15 is 0 Å². The second-order valence-electron chi connectivity index (χ2n) is 2.34. The maximum atomic E-state index is 10.4. The van der Waals surface area contributed by atoms with Crippen LogP contribution >= 0.6 is 7.60 Å². The Labute approximate surface area is 68.5 Å². The van der Waals surface area contributed by atoms with Crippen molar-refractivity contribution in [2.75, 3.05) is 0 Å². The van der Waals surface area contributed by atoms with Gasteiger partial charge >= 0.3 is 13.6 Å². The molecule has 0 saturated carbocycles. The van der Waals surface area contributed by atoms with Crippen LogP contribution in [-0.2, 0) is 9.36 Å². The van der Waals surface area contributed by atoms with Crippen molar-refractivity contribution in [2.24, 2.45) is 11.5 Å². The fourth-order valence-electron chi connectivity index (χ4n) is 0.498. The Morgan fingerprint density at radius 3 is 2.08 bits per heavy atom. The van der Waals surface area contributed by atoms with Crippen LogP contribution in [-0.4, -0.2) is 32.7 Å². The lowest BCUT2D eigenvalue weighted by molar-refractivity contribution is -0.138. The third-order valence-corrected chi connectivity index (χ3v) is 2.32. The number of aliphatic carboxylic acids is 1. The lowest BCUT2D eigenvalue weighted by Gasteiger charge is -2.14. The van der Waals surface area contributed by atoms with E-state index in [2.05, 4.69) is 0 Å². The van der Waals surface area contributed by atoms with E-state index in [-0.39, 0.29) is 0 Å². The predicted molar refractivity (Wildman–Crippen MR) is 40.2 cm³/mol. The van der Waals surface area contributed by atoms with Crippen molar-refractivity contribution in [3.05, 3.63) is 0 Å². The van der Waals surface area contributed by atoms with Crippen LogP contribution in [0.25, 0.3) is 0 Å². The summed E-state index contributed by atoms with van der Waals surface area (Å²) in [7, 11) is -4.42. The van der Waals surface area contributed by atoms with Crippen molar-refractivity contribution in [3.63, 3.8) is 0 Å². The molecule has 2 atom stereocenters.